The van der Waals surface area contributed by atoms with Gasteiger partial charge in [-0.05, 0) is 19.3 Å². The Morgan fingerprint density at radius 1 is 1.50 bits per heavy atom. The summed E-state index contributed by atoms with van der Waals surface area (Å²) in [5.74, 6) is 0.745. The standard InChI is InChI=1S/C8H12O2/c1-5-6-3-2-4-7(6)10-8(5)9/h5-7H,2-4H2,1H3/t5-,6-,7-/m0/s1. The van der Waals surface area contributed by atoms with Gasteiger partial charge in [-0.2, -0.15) is 0 Å². The van der Waals surface area contributed by atoms with Crippen LogP contribution in [-0.2, 0) is 9.53 Å². The van der Waals surface area contributed by atoms with Crippen LogP contribution in [0.4, 0.5) is 0 Å². The van der Waals surface area contributed by atoms with Crippen LogP contribution in [0.3, 0.4) is 0 Å². The second-order valence-corrected chi connectivity index (χ2v) is 3.36. The van der Waals surface area contributed by atoms with Crippen molar-refractivity contribution in [1.29, 1.82) is 0 Å². The molecule has 0 aromatic carbocycles. The molecule has 1 saturated carbocycles. The minimum absolute atomic E-state index is 0.0229. The topological polar surface area (TPSA) is 26.3 Å². The Hall–Kier alpha value is -0.530. The minimum atomic E-state index is 0.0229. The molecular formula is C8H12O2. The second-order valence-electron chi connectivity index (χ2n) is 3.36. The molecule has 0 unspecified atom stereocenters. The lowest BCUT2D eigenvalue weighted by molar-refractivity contribution is -0.144. The Morgan fingerprint density at radius 3 is 3.00 bits per heavy atom. The summed E-state index contributed by atoms with van der Waals surface area (Å²) in [4.78, 5) is 11.0. The van der Waals surface area contributed by atoms with E-state index in [-0.39, 0.29) is 18.0 Å². The predicted octanol–water partition coefficient (Wildman–Crippen LogP) is 1.35. The van der Waals surface area contributed by atoms with E-state index in [1.54, 1.807) is 0 Å². The van der Waals surface area contributed by atoms with Gasteiger partial charge in [0.2, 0.25) is 0 Å². The SMILES string of the molecule is C[C@@H]1C(=O)O[C@H]2CCC[C@H]21. The van der Waals surface area contributed by atoms with E-state index < -0.39 is 0 Å². The fraction of sp³-hybridized carbons (Fsp3) is 0.875. The van der Waals surface area contributed by atoms with Gasteiger partial charge in [0.05, 0.1) is 5.92 Å². The van der Waals surface area contributed by atoms with Crippen LogP contribution in [0.2, 0.25) is 0 Å². The van der Waals surface area contributed by atoms with Crippen molar-refractivity contribution < 1.29 is 9.53 Å². The third-order valence-electron chi connectivity index (χ3n) is 2.79. The van der Waals surface area contributed by atoms with Crippen molar-refractivity contribution in [3.05, 3.63) is 0 Å². The van der Waals surface area contributed by atoms with Crippen LogP contribution in [-0.4, -0.2) is 12.1 Å². The third kappa shape index (κ3) is 0.678. The maximum absolute atomic E-state index is 11.0. The van der Waals surface area contributed by atoms with Crippen molar-refractivity contribution in [1.82, 2.24) is 0 Å². The van der Waals surface area contributed by atoms with E-state index in [9.17, 15) is 4.79 Å². The normalized spacial score (nSPS) is 45.3. The molecule has 2 heteroatoms. The monoisotopic (exact) mass is 140 g/mol. The van der Waals surface area contributed by atoms with Gasteiger partial charge in [-0.25, -0.2) is 0 Å². The lowest BCUT2D eigenvalue weighted by atomic mass is 9.94. The average Bonchev–Trinajstić information content (AvgIpc) is 2.41. The smallest absolute Gasteiger partial charge is 0.309 e. The Kier molecular flexibility index (Phi) is 1.22. The zero-order valence-corrected chi connectivity index (χ0v) is 6.17. The largest absolute Gasteiger partial charge is 0.462 e. The van der Waals surface area contributed by atoms with Crippen molar-refractivity contribution in [3.8, 4) is 0 Å². The second kappa shape index (κ2) is 1.97. The molecule has 0 bridgehead atoms. The van der Waals surface area contributed by atoms with Gasteiger partial charge in [0.25, 0.3) is 0 Å². The highest BCUT2D eigenvalue weighted by Crippen LogP contribution is 2.39. The molecule has 3 atom stereocenters. The minimum Gasteiger partial charge on any atom is -0.462 e. The highest BCUT2D eigenvalue weighted by Gasteiger charge is 2.44. The molecule has 56 valence electrons. The lowest BCUT2D eigenvalue weighted by Crippen LogP contribution is -2.11. The molecule has 2 nitrogen and oxygen atoms in total. The summed E-state index contributed by atoms with van der Waals surface area (Å²) >= 11 is 0. The first-order chi connectivity index (χ1) is 4.79. The van der Waals surface area contributed by atoms with E-state index in [4.69, 9.17) is 4.74 Å². The van der Waals surface area contributed by atoms with Crippen molar-refractivity contribution in [2.75, 3.05) is 0 Å². The van der Waals surface area contributed by atoms with Gasteiger partial charge < -0.3 is 4.74 Å². The molecule has 1 saturated heterocycles. The third-order valence-corrected chi connectivity index (χ3v) is 2.79. The average molecular weight is 140 g/mol. The van der Waals surface area contributed by atoms with Crippen molar-refractivity contribution in [2.45, 2.75) is 32.3 Å². The molecular weight excluding hydrogens is 128 g/mol. The van der Waals surface area contributed by atoms with Crippen LogP contribution >= 0.6 is 0 Å². The molecule has 0 aromatic heterocycles. The van der Waals surface area contributed by atoms with E-state index in [1.807, 2.05) is 6.92 Å². The Morgan fingerprint density at radius 2 is 2.30 bits per heavy atom. The summed E-state index contributed by atoms with van der Waals surface area (Å²) in [6, 6.07) is 0. The Bertz CT molecular complexity index is 165. The van der Waals surface area contributed by atoms with Crippen molar-refractivity contribution in [3.63, 3.8) is 0 Å². The highest BCUT2D eigenvalue weighted by molar-refractivity contribution is 5.74. The van der Waals surface area contributed by atoms with Crippen LogP contribution in [0.25, 0.3) is 0 Å². The highest BCUT2D eigenvalue weighted by atomic mass is 16.6. The van der Waals surface area contributed by atoms with E-state index in [0.29, 0.717) is 5.92 Å². The van der Waals surface area contributed by atoms with Gasteiger partial charge in [0.1, 0.15) is 6.10 Å². The number of fused-ring (bicyclic) bond motifs is 1. The maximum Gasteiger partial charge on any atom is 0.309 e. The molecule has 2 rings (SSSR count). The fourth-order valence-corrected chi connectivity index (χ4v) is 2.10. The van der Waals surface area contributed by atoms with E-state index >= 15 is 0 Å². The zero-order chi connectivity index (χ0) is 7.14. The molecule has 1 heterocycles. The number of esters is 1. The molecule has 0 aromatic rings. The van der Waals surface area contributed by atoms with E-state index in [2.05, 4.69) is 0 Å². The quantitative estimate of drug-likeness (QED) is 0.475. The molecule has 1 aliphatic heterocycles. The summed E-state index contributed by atoms with van der Waals surface area (Å²) in [5, 5.41) is 0. The first-order valence-electron chi connectivity index (χ1n) is 3.99. The molecule has 0 N–H and O–H groups in total. The number of ether oxygens (including phenoxy) is 1. The first-order valence-corrected chi connectivity index (χ1v) is 3.99. The predicted molar refractivity (Wildman–Crippen MR) is 36.4 cm³/mol. The first kappa shape index (κ1) is 6.20. The van der Waals surface area contributed by atoms with Crippen LogP contribution in [0, 0.1) is 11.8 Å². The zero-order valence-electron chi connectivity index (χ0n) is 6.17. The number of hydrogen-bond acceptors (Lipinski definition) is 2. The van der Waals surface area contributed by atoms with Gasteiger partial charge >= 0.3 is 5.97 Å². The summed E-state index contributed by atoms with van der Waals surface area (Å²) in [5.41, 5.74) is 0. The molecule has 0 radical (unpaired) electrons. The van der Waals surface area contributed by atoms with Crippen molar-refractivity contribution in [2.24, 2.45) is 11.8 Å². The van der Waals surface area contributed by atoms with E-state index in [1.165, 1.54) is 12.8 Å². The van der Waals surface area contributed by atoms with Crippen LogP contribution < -0.4 is 0 Å². The summed E-state index contributed by atoms with van der Waals surface area (Å²) in [6.45, 7) is 1.98. The molecule has 0 amide bonds. The molecule has 1 aliphatic carbocycles. The van der Waals surface area contributed by atoms with Gasteiger partial charge in [-0.15, -0.1) is 0 Å². The lowest BCUT2D eigenvalue weighted by Gasteiger charge is -2.06. The van der Waals surface area contributed by atoms with Gasteiger partial charge in [0.15, 0.2) is 0 Å². The molecule has 2 fully saturated rings. The summed E-state index contributed by atoms with van der Waals surface area (Å²) in [7, 11) is 0. The summed E-state index contributed by atoms with van der Waals surface area (Å²) in [6.07, 6.45) is 3.81. The Labute approximate surface area is 60.6 Å². The number of hydrogen-bond donors (Lipinski definition) is 0. The molecule has 10 heavy (non-hydrogen) atoms. The molecule has 0 spiro atoms. The van der Waals surface area contributed by atoms with E-state index in [0.717, 1.165) is 6.42 Å². The van der Waals surface area contributed by atoms with Gasteiger partial charge in [-0.1, -0.05) is 6.92 Å². The van der Waals surface area contributed by atoms with Gasteiger partial charge in [-0.3, -0.25) is 4.79 Å². The summed E-state index contributed by atoms with van der Waals surface area (Å²) < 4.78 is 5.16. The van der Waals surface area contributed by atoms with Crippen LogP contribution in [0.1, 0.15) is 26.2 Å². The number of carbonyl (C=O) groups is 1. The van der Waals surface area contributed by atoms with Gasteiger partial charge in [0, 0.05) is 5.92 Å². The number of rotatable bonds is 0. The molecule has 2 aliphatic rings. The number of carbonyl (C=O) groups excluding carboxylic acids is 1. The fourth-order valence-electron chi connectivity index (χ4n) is 2.10. The van der Waals surface area contributed by atoms with Crippen LogP contribution in [0.15, 0.2) is 0 Å². The van der Waals surface area contributed by atoms with Crippen molar-refractivity contribution >= 4 is 5.97 Å². The van der Waals surface area contributed by atoms with Crippen LogP contribution in [0.5, 0.6) is 0 Å². The maximum atomic E-state index is 11.0. The Balaban J connectivity index is 2.16.